The maximum absolute atomic E-state index is 11.6. The molecule has 1 rings (SSSR count). The van der Waals surface area contributed by atoms with E-state index in [1.807, 2.05) is 37.3 Å². The fourth-order valence-corrected chi connectivity index (χ4v) is 1.56. The van der Waals surface area contributed by atoms with Crippen LogP contribution in [-0.2, 0) is 4.79 Å². The minimum Gasteiger partial charge on any atom is -0.350 e. The molecule has 0 saturated heterocycles. The lowest BCUT2D eigenvalue weighted by molar-refractivity contribution is -0.122. The van der Waals surface area contributed by atoms with Crippen LogP contribution in [0.15, 0.2) is 30.3 Å². The molecule has 1 aromatic rings. The molecule has 0 bridgehead atoms. The summed E-state index contributed by atoms with van der Waals surface area (Å²) in [7, 11) is 0. The van der Waals surface area contributed by atoms with Crippen molar-refractivity contribution in [3.8, 4) is 0 Å². The Kier molecular flexibility index (Phi) is 5.03. The van der Waals surface area contributed by atoms with Gasteiger partial charge in [0.2, 0.25) is 5.91 Å². The fraction of sp³-hybridized carbons (Fsp3) is 0.500. The molecule has 1 aromatic carbocycles. The highest BCUT2D eigenvalue weighted by molar-refractivity contribution is 5.76. The smallest absolute Gasteiger partial charge is 0.220 e. The topological polar surface area (TPSA) is 29.1 Å². The highest BCUT2D eigenvalue weighted by atomic mass is 16.1. The Morgan fingerprint density at radius 2 is 1.81 bits per heavy atom. The number of hydrogen-bond acceptors (Lipinski definition) is 1. The van der Waals surface area contributed by atoms with Crippen molar-refractivity contribution >= 4 is 5.91 Å². The van der Waals surface area contributed by atoms with Gasteiger partial charge in [-0.15, -0.1) is 0 Å². The highest BCUT2D eigenvalue weighted by Crippen LogP contribution is 2.12. The number of benzene rings is 1. The summed E-state index contributed by atoms with van der Waals surface area (Å²) in [5, 5.41) is 3.01. The minimum atomic E-state index is 0.0980. The monoisotopic (exact) mass is 219 g/mol. The lowest BCUT2D eigenvalue weighted by Crippen LogP contribution is -2.26. The predicted octanol–water partition coefficient (Wildman–Crippen LogP) is 3.30. The third-order valence-electron chi connectivity index (χ3n) is 2.63. The molecule has 0 aromatic heterocycles. The molecular weight excluding hydrogens is 198 g/mol. The summed E-state index contributed by atoms with van der Waals surface area (Å²) in [6.07, 6.45) is 1.57. The van der Waals surface area contributed by atoms with Gasteiger partial charge < -0.3 is 5.32 Å². The van der Waals surface area contributed by atoms with Crippen LogP contribution in [0.25, 0.3) is 0 Å². The number of amides is 1. The van der Waals surface area contributed by atoms with Crippen LogP contribution in [0, 0.1) is 5.92 Å². The minimum absolute atomic E-state index is 0.0980. The van der Waals surface area contributed by atoms with E-state index < -0.39 is 0 Å². The maximum atomic E-state index is 11.6. The van der Waals surface area contributed by atoms with Crippen LogP contribution in [0.1, 0.15) is 45.2 Å². The Morgan fingerprint density at radius 3 is 2.38 bits per heavy atom. The van der Waals surface area contributed by atoms with Gasteiger partial charge in [0, 0.05) is 6.42 Å². The first-order chi connectivity index (χ1) is 7.59. The lowest BCUT2D eigenvalue weighted by Gasteiger charge is -2.14. The molecule has 0 heterocycles. The van der Waals surface area contributed by atoms with Crippen molar-refractivity contribution in [2.45, 2.75) is 39.7 Å². The van der Waals surface area contributed by atoms with Crippen molar-refractivity contribution in [1.29, 1.82) is 0 Å². The Hall–Kier alpha value is -1.31. The molecule has 2 nitrogen and oxygen atoms in total. The van der Waals surface area contributed by atoms with Gasteiger partial charge in [-0.25, -0.2) is 0 Å². The lowest BCUT2D eigenvalue weighted by atomic mass is 10.1. The third-order valence-corrected chi connectivity index (χ3v) is 2.63. The summed E-state index contributed by atoms with van der Waals surface area (Å²) < 4.78 is 0. The van der Waals surface area contributed by atoms with Crippen molar-refractivity contribution in [2.75, 3.05) is 0 Å². The van der Waals surface area contributed by atoms with Crippen LogP contribution in [0.4, 0.5) is 0 Å². The molecule has 0 aliphatic rings. The third kappa shape index (κ3) is 4.47. The molecule has 1 N–H and O–H groups in total. The van der Waals surface area contributed by atoms with Crippen molar-refractivity contribution in [3.63, 3.8) is 0 Å². The summed E-state index contributed by atoms with van der Waals surface area (Å²) in [6, 6.07) is 10.1. The van der Waals surface area contributed by atoms with Crippen LogP contribution in [0.3, 0.4) is 0 Å². The second kappa shape index (κ2) is 6.31. The molecule has 88 valence electrons. The van der Waals surface area contributed by atoms with E-state index in [2.05, 4.69) is 19.2 Å². The van der Waals surface area contributed by atoms with E-state index in [1.54, 1.807) is 0 Å². The van der Waals surface area contributed by atoms with E-state index in [0.29, 0.717) is 12.3 Å². The first-order valence-corrected chi connectivity index (χ1v) is 5.94. The molecule has 0 spiro atoms. The molecular formula is C14H21NO. The largest absolute Gasteiger partial charge is 0.350 e. The quantitative estimate of drug-likeness (QED) is 0.809. The zero-order valence-electron chi connectivity index (χ0n) is 10.4. The zero-order chi connectivity index (χ0) is 12.0. The van der Waals surface area contributed by atoms with Gasteiger partial charge in [-0.05, 0) is 24.8 Å². The normalized spacial score (nSPS) is 12.5. The molecule has 2 heteroatoms. The molecule has 0 fully saturated rings. The summed E-state index contributed by atoms with van der Waals surface area (Å²) >= 11 is 0. The molecule has 1 atom stereocenters. The van der Waals surface area contributed by atoms with Crippen molar-refractivity contribution in [2.24, 2.45) is 5.92 Å². The Morgan fingerprint density at radius 1 is 1.19 bits per heavy atom. The van der Waals surface area contributed by atoms with Crippen LogP contribution in [0.5, 0.6) is 0 Å². The van der Waals surface area contributed by atoms with E-state index >= 15 is 0 Å². The molecule has 0 aliphatic heterocycles. The van der Waals surface area contributed by atoms with Crippen LogP contribution >= 0.6 is 0 Å². The van der Waals surface area contributed by atoms with Gasteiger partial charge >= 0.3 is 0 Å². The molecule has 0 aliphatic carbocycles. The number of carbonyl (C=O) groups excluding carboxylic acids is 1. The summed E-state index contributed by atoms with van der Waals surface area (Å²) in [4.78, 5) is 11.6. The van der Waals surface area contributed by atoms with Gasteiger partial charge in [0.25, 0.3) is 0 Å². The Labute approximate surface area is 98.1 Å². The first kappa shape index (κ1) is 12.8. The summed E-state index contributed by atoms with van der Waals surface area (Å²) in [5.74, 6) is 0.725. The van der Waals surface area contributed by atoms with Gasteiger partial charge in [0.15, 0.2) is 0 Å². The maximum Gasteiger partial charge on any atom is 0.220 e. The number of hydrogen-bond donors (Lipinski definition) is 1. The number of rotatable bonds is 5. The predicted molar refractivity (Wildman–Crippen MR) is 67.1 cm³/mol. The Balaban J connectivity index is 2.40. The zero-order valence-corrected chi connectivity index (χ0v) is 10.4. The van der Waals surface area contributed by atoms with Crippen LogP contribution in [-0.4, -0.2) is 5.91 Å². The molecule has 0 radical (unpaired) electrons. The molecule has 0 saturated carbocycles. The summed E-state index contributed by atoms with van der Waals surface area (Å²) in [6.45, 7) is 6.28. The second-order valence-corrected chi connectivity index (χ2v) is 4.63. The standard InChI is InChI=1S/C14H21NO/c1-11(2)9-10-14(16)15-12(3)13-7-5-4-6-8-13/h4-8,11-12H,9-10H2,1-3H3,(H,15,16). The number of carbonyl (C=O) groups is 1. The summed E-state index contributed by atoms with van der Waals surface area (Å²) in [5.41, 5.74) is 1.15. The average molecular weight is 219 g/mol. The van der Waals surface area contributed by atoms with Gasteiger partial charge in [0.05, 0.1) is 6.04 Å². The first-order valence-electron chi connectivity index (χ1n) is 5.94. The molecule has 16 heavy (non-hydrogen) atoms. The van der Waals surface area contributed by atoms with E-state index in [1.165, 1.54) is 0 Å². The number of nitrogens with one attached hydrogen (secondary N) is 1. The van der Waals surface area contributed by atoms with Crippen LogP contribution < -0.4 is 5.32 Å². The van der Waals surface area contributed by atoms with Gasteiger partial charge in [-0.1, -0.05) is 44.2 Å². The fourth-order valence-electron chi connectivity index (χ4n) is 1.56. The van der Waals surface area contributed by atoms with Gasteiger partial charge in [0.1, 0.15) is 0 Å². The highest BCUT2D eigenvalue weighted by Gasteiger charge is 2.09. The van der Waals surface area contributed by atoms with Crippen molar-refractivity contribution in [1.82, 2.24) is 5.32 Å². The Bertz CT molecular complexity index is 319. The van der Waals surface area contributed by atoms with E-state index in [-0.39, 0.29) is 11.9 Å². The average Bonchev–Trinajstić information content (AvgIpc) is 2.27. The van der Waals surface area contributed by atoms with E-state index in [9.17, 15) is 4.79 Å². The van der Waals surface area contributed by atoms with Crippen molar-refractivity contribution < 1.29 is 4.79 Å². The molecule has 1 amide bonds. The van der Waals surface area contributed by atoms with Crippen molar-refractivity contribution in [3.05, 3.63) is 35.9 Å². The second-order valence-electron chi connectivity index (χ2n) is 4.63. The molecule has 1 unspecified atom stereocenters. The van der Waals surface area contributed by atoms with Gasteiger partial charge in [-0.2, -0.15) is 0 Å². The SMILES string of the molecule is CC(C)CCC(=O)NC(C)c1ccccc1. The van der Waals surface area contributed by atoms with Gasteiger partial charge in [-0.3, -0.25) is 4.79 Å². The van der Waals surface area contributed by atoms with Crippen LogP contribution in [0.2, 0.25) is 0 Å². The van der Waals surface area contributed by atoms with E-state index in [0.717, 1.165) is 12.0 Å². The van der Waals surface area contributed by atoms with E-state index in [4.69, 9.17) is 0 Å².